The molecule has 0 aliphatic heterocycles. The van der Waals surface area contributed by atoms with Gasteiger partial charge in [0.15, 0.2) is 0 Å². The van der Waals surface area contributed by atoms with E-state index in [1.807, 2.05) is 13.0 Å². The maximum Gasteiger partial charge on any atom is 0.0540 e. The third-order valence-electron chi connectivity index (χ3n) is 5.96. The fourth-order valence-electron chi connectivity index (χ4n) is 4.44. The highest BCUT2D eigenvalue weighted by molar-refractivity contribution is 5.86. The summed E-state index contributed by atoms with van der Waals surface area (Å²) in [5.41, 5.74) is 5.27. The summed E-state index contributed by atoms with van der Waals surface area (Å²) < 4.78 is 2.36. The van der Waals surface area contributed by atoms with Crippen molar-refractivity contribution in [3.8, 4) is 0 Å². The number of rotatable bonds is 3. The number of hydrogen-bond acceptors (Lipinski definition) is 0. The van der Waals surface area contributed by atoms with E-state index in [0.29, 0.717) is 0 Å². The molecule has 1 aromatic heterocycles. The molecule has 3 aromatic rings. The SMILES string of the molecule is C=C/C(=C\C=CC)n1c2/c(c3ccccc31)=C\Cc1ccccc1C(C)(C)C\C=2. The van der Waals surface area contributed by atoms with Crippen molar-refractivity contribution in [1.82, 2.24) is 4.57 Å². The molecule has 0 N–H and O–H groups in total. The Bertz CT molecular complexity index is 1250. The minimum absolute atomic E-state index is 0.0781. The van der Waals surface area contributed by atoms with E-state index >= 15 is 0 Å². The van der Waals surface area contributed by atoms with E-state index in [2.05, 4.69) is 104 Å². The minimum atomic E-state index is 0.0781. The number of allylic oxidation sites excluding steroid dienone is 5. The summed E-state index contributed by atoms with van der Waals surface area (Å²) in [6.07, 6.45) is 15.0. The van der Waals surface area contributed by atoms with E-state index in [4.69, 9.17) is 0 Å². The van der Waals surface area contributed by atoms with Gasteiger partial charge in [0.1, 0.15) is 0 Å². The first-order chi connectivity index (χ1) is 14.1. The fraction of sp³-hybridized carbons (Fsp3) is 0.214. The summed E-state index contributed by atoms with van der Waals surface area (Å²) in [4.78, 5) is 0. The summed E-state index contributed by atoms with van der Waals surface area (Å²) in [6, 6.07) is 17.6. The first kappa shape index (κ1) is 19.3. The van der Waals surface area contributed by atoms with Crippen molar-refractivity contribution in [3.63, 3.8) is 0 Å². The highest BCUT2D eigenvalue weighted by Crippen LogP contribution is 2.31. The average molecular weight is 380 g/mol. The van der Waals surface area contributed by atoms with Gasteiger partial charge in [-0.1, -0.05) is 87.2 Å². The maximum atomic E-state index is 4.10. The summed E-state index contributed by atoms with van der Waals surface area (Å²) in [6.45, 7) is 10.8. The van der Waals surface area contributed by atoms with Gasteiger partial charge in [-0.05, 0) is 54.5 Å². The lowest BCUT2D eigenvalue weighted by atomic mass is 9.78. The predicted octanol–water partition coefficient (Wildman–Crippen LogP) is 5.73. The molecule has 0 saturated heterocycles. The molecule has 0 saturated carbocycles. The van der Waals surface area contributed by atoms with Crippen LogP contribution in [0.25, 0.3) is 28.8 Å². The Balaban J connectivity index is 2.10. The Kier molecular flexibility index (Phi) is 5.15. The summed E-state index contributed by atoms with van der Waals surface area (Å²) in [5.74, 6) is 0. The normalized spacial score (nSPS) is 18.5. The van der Waals surface area contributed by atoms with Crippen molar-refractivity contribution in [3.05, 3.63) is 101 Å². The lowest BCUT2D eigenvalue weighted by Crippen LogP contribution is -2.29. The first-order valence-electron chi connectivity index (χ1n) is 10.4. The van der Waals surface area contributed by atoms with Crippen LogP contribution in [0.2, 0.25) is 0 Å². The van der Waals surface area contributed by atoms with Crippen LogP contribution in [0, 0.1) is 0 Å². The molecule has 1 aliphatic carbocycles. The third-order valence-corrected chi connectivity index (χ3v) is 5.96. The predicted molar refractivity (Wildman–Crippen MR) is 127 cm³/mol. The van der Waals surface area contributed by atoms with Crippen LogP contribution in [0.15, 0.2) is 79.4 Å². The lowest BCUT2D eigenvalue weighted by Gasteiger charge is -2.26. The molecule has 0 fully saturated rings. The molecule has 0 amide bonds. The van der Waals surface area contributed by atoms with Crippen molar-refractivity contribution in [2.45, 2.75) is 39.0 Å². The molecule has 1 heteroatoms. The van der Waals surface area contributed by atoms with Crippen LogP contribution in [0.4, 0.5) is 0 Å². The van der Waals surface area contributed by atoms with Crippen LogP contribution in [0.3, 0.4) is 0 Å². The van der Waals surface area contributed by atoms with Gasteiger partial charge in [-0.15, -0.1) is 0 Å². The number of benzene rings is 2. The van der Waals surface area contributed by atoms with Crippen LogP contribution in [0.5, 0.6) is 0 Å². The Morgan fingerprint density at radius 3 is 2.59 bits per heavy atom. The quantitative estimate of drug-likeness (QED) is 0.512. The highest BCUT2D eigenvalue weighted by atomic mass is 15.0. The Morgan fingerprint density at radius 1 is 1.03 bits per heavy atom. The smallest absolute Gasteiger partial charge is 0.0540 e. The number of para-hydroxylation sites is 1. The van der Waals surface area contributed by atoms with E-state index in [1.54, 1.807) is 0 Å². The summed E-state index contributed by atoms with van der Waals surface area (Å²) >= 11 is 0. The molecule has 0 atom stereocenters. The van der Waals surface area contributed by atoms with Crippen molar-refractivity contribution in [1.29, 1.82) is 0 Å². The number of nitrogens with zero attached hydrogens (tertiary/aromatic N) is 1. The molecule has 1 nitrogen and oxygen atoms in total. The monoisotopic (exact) mass is 379 g/mol. The van der Waals surface area contributed by atoms with Crippen molar-refractivity contribution in [2.24, 2.45) is 0 Å². The Hall–Kier alpha value is -3.06. The van der Waals surface area contributed by atoms with Gasteiger partial charge in [0.2, 0.25) is 0 Å². The van der Waals surface area contributed by atoms with E-state index < -0.39 is 0 Å². The summed E-state index contributed by atoms with van der Waals surface area (Å²) in [7, 11) is 0. The largest absolute Gasteiger partial charge is 0.310 e. The van der Waals surface area contributed by atoms with Crippen molar-refractivity contribution in [2.75, 3.05) is 0 Å². The van der Waals surface area contributed by atoms with Gasteiger partial charge < -0.3 is 4.57 Å². The van der Waals surface area contributed by atoms with Gasteiger partial charge in [0.25, 0.3) is 0 Å². The van der Waals surface area contributed by atoms with Gasteiger partial charge in [-0.3, -0.25) is 0 Å². The second kappa shape index (κ2) is 7.75. The zero-order valence-corrected chi connectivity index (χ0v) is 17.7. The first-order valence-corrected chi connectivity index (χ1v) is 10.4. The van der Waals surface area contributed by atoms with E-state index in [9.17, 15) is 0 Å². The number of aromatic nitrogens is 1. The average Bonchev–Trinajstić information content (AvgIpc) is 3.06. The molecule has 146 valence electrons. The zero-order chi connectivity index (χ0) is 20.4. The molecular formula is C28H29N. The Labute approximate surface area is 173 Å². The van der Waals surface area contributed by atoms with Crippen LogP contribution in [-0.2, 0) is 11.8 Å². The molecule has 0 unspecified atom stereocenters. The molecule has 2 aromatic carbocycles. The molecule has 4 rings (SSSR count). The van der Waals surface area contributed by atoms with Gasteiger partial charge in [-0.25, -0.2) is 0 Å². The van der Waals surface area contributed by atoms with Crippen LogP contribution in [-0.4, -0.2) is 4.57 Å². The standard InChI is InChI=1S/C28H29N/c1-5-7-13-22(6-2)29-26-16-11-9-14-23(26)24-18-17-21-12-8-10-15-25(21)28(3,4)20-19-27(24)29/h5-16,18-19H,2,17,20H2,1,3-4H3/b7-5?,22-13+,24-18-,27-19+. The van der Waals surface area contributed by atoms with Crippen LogP contribution >= 0.6 is 0 Å². The fourth-order valence-corrected chi connectivity index (χ4v) is 4.44. The number of fused-ring (bicyclic) bond motifs is 4. The number of hydrogen-bond donors (Lipinski definition) is 0. The van der Waals surface area contributed by atoms with Crippen molar-refractivity contribution >= 4 is 28.8 Å². The van der Waals surface area contributed by atoms with Gasteiger partial charge in [-0.2, -0.15) is 0 Å². The molecule has 1 heterocycles. The van der Waals surface area contributed by atoms with E-state index in [0.717, 1.165) is 18.5 Å². The second-order valence-electron chi connectivity index (χ2n) is 8.33. The van der Waals surface area contributed by atoms with Gasteiger partial charge in [0.05, 0.1) is 5.52 Å². The Morgan fingerprint density at radius 2 is 1.79 bits per heavy atom. The van der Waals surface area contributed by atoms with Gasteiger partial charge >= 0.3 is 0 Å². The van der Waals surface area contributed by atoms with Gasteiger partial charge in [0, 0.05) is 21.7 Å². The molecule has 0 spiro atoms. The van der Waals surface area contributed by atoms with E-state index in [1.165, 1.54) is 32.6 Å². The molecule has 0 radical (unpaired) electrons. The van der Waals surface area contributed by atoms with Crippen molar-refractivity contribution < 1.29 is 0 Å². The van der Waals surface area contributed by atoms with Crippen LogP contribution < -0.4 is 10.6 Å². The topological polar surface area (TPSA) is 4.93 Å². The highest BCUT2D eigenvalue weighted by Gasteiger charge is 2.23. The molecule has 29 heavy (non-hydrogen) atoms. The third kappa shape index (κ3) is 3.42. The second-order valence-corrected chi connectivity index (χ2v) is 8.33. The zero-order valence-electron chi connectivity index (χ0n) is 17.7. The molecule has 0 bridgehead atoms. The maximum absolute atomic E-state index is 4.10. The van der Waals surface area contributed by atoms with Crippen LogP contribution in [0.1, 0.15) is 38.3 Å². The summed E-state index contributed by atoms with van der Waals surface area (Å²) in [5, 5.41) is 3.88. The molecule has 1 aliphatic rings. The lowest BCUT2D eigenvalue weighted by molar-refractivity contribution is 0.542. The minimum Gasteiger partial charge on any atom is -0.310 e. The van der Waals surface area contributed by atoms with E-state index in [-0.39, 0.29) is 5.41 Å². The molecular weight excluding hydrogens is 350 g/mol.